The molecule has 0 atom stereocenters. The van der Waals surface area contributed by atoms with E-state index in [1.54, 1.807) is 6.07 Å². The summed E-state index contributed by atoms with van der Waals surface area (Å²) in [7, 11) is -3.67. The van der Waals surface area contributed by atoms with Crippen molar-refractivity contribution >= 4 is 43.6 Å². The number of nitro groups is 1. The fourth-order valence-electron chi connectivity index (χ4n) is 3.52. The van der Waals surface area contributed by atoms with Crippen LogP contribution in [0.25, 0.3) is 11.3 Å². The normalized spacial score (nSPS) is 15.2. The van der Waals surface area contributed by atoms with Gasteiger partial charge in [-0.3, -0.25) is 10.1 Å². The van der Waals surface area contributed by atoms with Crippen LogP contribution >= 0.6 is 22.9 Å². The van der Waals surface area contributed by atoms with Crippen molar-refractivity contribution in [1.82, 2.24) is 4.98 Å². The minimum absolute atomic E-state index is 0.0233. The number of piperidine rings is 1. The summed E-state index contributed by atoms with van der Waals surface area (Å²) in [6, 6.07) is 9.60. The molecular weight excluding hydrogens is 465 g/mol. The Morgan fingerprint density at radius 1 is 1.19 bits per heavy atom. The number of aromatic nitrogens is 1. The first-order valence-corrected chi connectivity index (χ1v) is 12.2. The van der Waals surface area contributed by atoms with Crippen molar-refractivity contribution in [1.29, 1.82) is 0 Å². The SMILES string of the molecule is O=[N+]([O-])c1cccc(S(=O)(=O)C2CCN(c3nc(-c4ccc(F)c(Cl)c4)cs3)CC2)c1. The van der Waals surface area contributed by atoms with Gasteiger partial charge in [0.1, 0.15) is 5.82 Å². The highest BCUT2D eigenvalue weighted by Crippen LogP contribution is 2.33. The van der Waals surface area contributed by atoms with Crippen LogP contribution in [-0.4, -0.2) is 36.7 Å². The lowest BCUT2D eigenvalue weighted by molar-refractivity contribution is -0.385. The number of thiazole rings is 1. The van der Waals surface area contributed by atoms with E-state index < -0.39 is 25.8 Å². The van der Waals surface area contributed by atoms with E-state index in [-0.39, 0.29) is 15.6 Å². The maximum Gasteiger partial charge on any atom is 0.270 e. The molecule has 7 nitrogen and oxygen atoms in total. The van der Waals surface area contributed by atoms with Crippen LogP contribution in [0.2, 0.25) is 5.02 Å². The zero-order valence-corrected chi connectivity index (χ0v) is 18.5. The summed E-state index contributed by atoms with van der Waals surface area (Å²) in [6.07, 6.45) is 0.782. The number of hydrogen-bond acceptors (Lipinski definition) is 7. The van der Waals surface area contributed by atoms with Gasteiger partial charge in [-0.1, -0.05) is 17.7 Å². The van der Waals surface area contributed by atoms with Gasteiger partial charge in [-0.2, -0.15) is 0 Å². The number of halogens is 2. The van der Waals surface area contributed by atoms with Gasteiger partial charge in [0.25, 0.3) is 5.69 Å². The third-order valence-electron chi connectivity index (χ3n) is 5.22. The highest BCUT2D eigenvalue weighted by Gasteiger charge is 2.33. The zero-order chi connectivity index (χ0) is 22.2. The van der Waals surface area contributed by atoms with Crippen molar-refractivity contribution in [2.75, 3.05) is 18.0 Å². The van der Waals surface area contributed by atoms with Crippen molar-refractivity contribution in [2.24, 2.45) is 0 Å². The molecule has 0 bridgehead atoms. The lowest BCUT2D eigenvalue weighted by atomic mass is 10.1. The minimum Gasteiger partial charge on any atom is -0.348 e. The molecule has 2 heterocycles. The van der Waals surface area contributed by atoms with Crippen LogP contribution in [-0.2, 0) is 9.84 Å². The average Bonchev–Trinajstić information content (AvgIpc) is 3.26. The maximum atomic E-state index is 13.4. The Morgan fingerprint density at radius 3 is 2.61 bits per heavy atom. The van der Waals surface area contributed by atoms with Gasteiger partial charge in [0.15, 0.2) is 15.0 Å². The monoisotopic (exact) mass is 481 g/mol. The topological polar surface area (TPSA) is 93.4 Å². The summed E-state index contributed by atoms with van der Waals surface area (Å²) in [5.41, 5.74) is 1.14. The molecule has 3 aromatic rings. The van der Waals surface area contributed by atoms with Gasteiger partial charge < -0.3 is 4.90 Å². The number of sulfone groups is 1. The molecule has 0 saturated carbocycles. The largest absolute Gasteiger partial charge is 0.348 e. The third kappa shape index (κ3) is 4.41. The van der Waals surface area contributed by atoms with E-state index >= 15 is 0 Å². The molecule has 1 aliphatic rings. The molecule has 0 N–H and O–H groups in total. The number of nitrogens with zero attached hydrogens (tertiary/aromatic N) is 3. The lowest BCUT2D eigenvalue weighted by Gasteiger charge is -2.31. The molecule has 162 valence electrons. The Balaban J connectivity index is 1.46. The van der Waals surface area contributed by atoms with Gasteiger partial charge in [-0.05, 0) is 37.1 Å². The summed E-state index contributed by atoms with van der Waals surface area (Å²) >= 11 is 7.28. The van der Waals surface area contributed by atoms with Crippen LogP contribution in [0.1, 0.15) is 12.8 Å². The number of benzene rings is 2. The number of non-ortho nitro benzene ring substituents is 1. The maximum absolute atomic E-state index is 13.4. The number of hydrogen-bond donors (Lipinski definition) is 0. The van der Waals surface area contributed by atoms with Gasteiger partial charge in [0, 0.05) is 36.2 Å². The number of rotatable bonds is 5. The summed E-state index contributed by atoms with van der Waals surface area (Å²) < 4.78 is 39.3. The van der Waals surface area contributed by atoms with E-state index in [9.17, 15) is 22.9 Å². The number of nitro benzene ring substituents is 1. The van der Waals surface area contributed by atoms with Gasteiger partial charge in [0.2, 0.25) is 0 Å². The predicted octanol–water partition coefficient (Wildman–Crippen LogP) is 4.95. The predicted molar refractivity (Wildman–Crippen MR) is 118 cm³/mol. The van der Waals surface area contributed by atoms with E-state index in [4.69, 9.17) is 11.6 Å². The Morgan fingerprint density at radius 2 is 1.94 bits per heavy atom. The van der Waals surface area contributed by atoms with E-state index in [1.165, 1.54) is 41.7 Å². The van der Waals surface area contributed by atoms with Crippen LogP contribution in [0.4, 0.5) is 15.2 Å². The van der Waals surface area contributed by atoms with E-state index in [0.717, 1.165) is 11.2 Å². The van der Waals surface area contributed by atoms with E-state index in [2.05, 4.69) is 4.98 Å². The summed E-state index contributed by atoms with van der Waals surface area (Å²) in [4.78, 5) is 16.9. The second-order valence-electron chi connectivity index (χ2n) is 7.13. The first kappa shape index (κ1) is 21.7. The van der Waals surface area contributed by atoms with Crippen molar-refractivity contribution in [3.63, 3.8) is 0 Å². The Hall–Kier alpha value is -2.56. The Bertz CT molecular complexity index is 1240. The molecule has 11 heteroatoms. The molecule has 1 aromatic heterocycles. The number of anilines is 1. The second kappa shape index (κ2) is 8.52. The van der Waals surface area contributed by atoms with Crippen LogP contribution in [0.15, 0.2) is 52.7 Å². The van der Waals surface area contributed by atoms with Crippen LogP contribution < -0.4 is 4.90 Å². The standard InChI is InChI=1S/C20H17ClFN3O4S2/c21-17-10-13(4-5-18(17)22)19-12-30-20(23-19)24-8-6-15(7-9-24)31(28,29)16-3-1-2-14(11-16)25(26)27/h1-5,10-12,15H,6-9H2. The van der Waals surface area contributed by atoms with Gasteiger partial charge >= 0.3 is 0 Å². The van der Waals surface area contributed by atoms with Crippen molar-refractivity contribution in [3.05, 3.63) is 68.8 Å². The highest BCUT2D eigenvalue weighted by molar-refractivity contribution is 7.92. The van der Waals surface area contributed by atoms with Crippen molar-refractivity contribution in [2.45, 2.75) is 23.0 Å². The van der Waals surface area contributed by atoms with Crippen molar-refractivity contribution < 1.29 is 17.7 Å². The summed E-state index contributed by atoms with van der Waals surface area (Å²) in [5, 5.41) is 13.0. The molecule has 1 aliphatic heterocycles. The molecule has 0 spiro atoms. The minimum atomic E-state index is -3.67. The summed E-state index contributed by atoms with van der Waals surface area (Å²) in [6.45, 7) is 0.992. The molecule has 31 heavy (non-hydrogen) atoms. The fraction of sp³-hybridized carbons (Fsp3) is 0.250. The zero-order valence-electron chi connectivity index (χ0n) is 16.1. The Labute approximate surface area is 187 Å². The second-order valence-corrected chi connectivity index (χ2v) is 10.6. The lowest BCUT2D eigenvalue weighted by Crippen LogP contribution is -2.39. The average molecular weight is 482 g/mol. The Kier molecular flexibility index (Phi) is 5.96. The smallest absolute Gasteiger partial charge is 0.270 e. The van der Waals surface area contributed by atoms with Crippen LogP contribution in [0.5, 0.6) is 0 Å². The molecule has 0 unspecified atom stereocenters. The summed E-state index contributed by atoms with van der Waals surface area (Å²) in [5.74, 6) is -0.493. The molecule has 1 fully saturated rings. The molecule has 2 aromatic carbocycles. The molecule has 0 radical (unpaired) electrons. The van der Waals surface area contributed by atoms with E-state index in [0.29, 0.717) is 37.2 Å². The fourth-order valence-corrected chi connectivity index (χ4v) is 6.36. The van der Waals surface area contributed by atoms with Crippen LogP contribution in [0.3, 0.4) is 0 Å². The van der Waals surface area contributed by atoms with Crippen LogP contribution in [0, 0.1) is 15.9 Å². The van der Waals surface area contributed by atoms with Gasteiger partial charge in [0.05, 0.1) is 25.8 Å². The molecular formula is C20H17ClFN3O4S2. The first-order chi connectivity index (χ1) is 14.8. The molecule has 4 rings (SSSR count). The molecule has 1 saturated heterocycles. The highest BCUT2D eigenvalue weighted by atomic mass is 35.5. The van der Waals surface area contributed by atoms with E-state index in [1.807, 2.05) is 10.3 Å². The third-order valence-corrected chi connectivity index (χ3v) is 8.67. The van der Waals surface area contributed by atoms with Gasteiger partial charge in [-0.25, -0.2) is 17.8 Å². The molecule has 0 aliphatic carbocycles. The van der Waals surface area contributed by atoms with Gasteiger partial charge in [-0.15, -0.1) is 11.3 Å². The first-order valence-electron chi connectivity index (χ1n) is 9.40. The van der Waals surface area contributed by atoms with Crippen molar-refractivity contribution in [3.8, 4) is 11.3 Å². The quantitative estimate of drug-likeness (QED) is 0.378. The molecule has 0 amide bonds.